The molecule has 3 aliphatic carbocycles. The molecule has 4 rings (SSSR count). The van der Waals surface area contributed by atoms with Gasteiger partial charge in [0.05, 0.1) is 19.6 Å². The molecule has 26 heavy (non-hydrogen) atoms. The highest BCUT2D eigenvalue weighted by atomic mass is 16.5. The van der Waals surface area contributed by atoms with Gasteiger partial charge in [0.1, 0.15) is 0 Å². The molecule has 0 N–H and O–H groups in total. The fourth-order valence-electron chi connectivity index (χ4n) is 8.33. The first-order valence-corrected chi connectivity index (χ1v) is 10.9. The van der Waals surface area contributed by atoms with Gasteiger partial charge in [-0.15, -0.1) is 0 Å². The summed E-state index contributed by atoms with van der Waals surface area (Å²) in [5, 5.41) is 13.2. The van der Waals surface area contributed by atoms with E-state index in [-0.39, 0.29) is 21.4 Å². The third-order valence-corrected chi connectivity index (χ3v) is 9.53. The average molecular weight is 363 g/mol. The molecule has 4 aliphatic rings. The van der Waals surface area contributed by atoms with Gasteiger partial charge in [0.2, 0.25) is 5.91 Å². The van der Waals surface area contributed by atoms with Crippen LogP contribution < -0.4 is 0 Å². The molecule has 0 aromatic rings. The topological polar surface area (TPSA) is 43.4 Å². The van der Waals surface area contributed by atoms with E-state index in [1.54, 1.807) is 0 Å². The van der Waals surface area contributed by atoms with Crippen molar-refractivity contribution >= 4 is 5.91 Å². The van der Waals surface area contributed by atoms with Crippen molar-refractivity contribution < 1.29 is 9.44 Å². The quantitative estimate of drug-likeness (QED) is 0.522. The number of quaternary nitrogens is 1. The first-order chi connectivity index (χ1) is 12.1. The summed E-state index contributed by atoms with van der Waals surface area (Å²) in [4.78, 5) is 14.6. The van der Waals surface area contributed by atoms with E-state index in [9.17, 15) is 10.0 Å². The smallest absolute Gasteiger partial charge is 0.225 e. The van der Waals surface area contributed by atoms with Crippen LogP contribution in [0.4, 0.5) is 0 Å². The van der Waals surface area contributed by atoms with Gasteiger partial charge >= 0.3 is 0 Å². The second kappa shape index (κ2) is 5.94. The number of hydrogen-bond acceptors (Lipinski definition) is 2. The molecule has 4 fully saturated rings. The fourth-order valence-corrected chi connectivity index (χ4v) is 8.33. The normalized spacial score (nSPS) is 53.4. The highest BCUT2D eigenvalue weighted by Crippen LogP contribution is 2.66. The van der Waals surface area contributed by atoms with Gasteiger partial charge in [-0.2, -0.15) is 0 Å². The summed E-state index contributed by atoms with van der Waals surface area (Å²) >= 11 is 0. The maximum atomic E-state index is 13.2. The zero-order valence-electron chi connectivity index (χ0n) is 17.5. The minimum atomic E-state index is -0.0105. The molecule has 0 bridgehead atoms. The van der Waals surface area contributed by atoms with Crippen molar-refractivity contribution in [3.63, 3.8) is 0 Å². The molecule has 0 aromatic heterocycles. The average Bonchev–Trinajstić information content (AvgIpc) is 2.90. The number of carbonyl (C=O) groups is 1. The third-order valence-electron chi connectivity index (χ3n) is 9.53. The predicted molar refractivity (Wildman–Crippen MR) is 104 cm³/mol. The van der Waals surface area contributed by atoms with Gasteiger partial charge in [-0.25, -0.2) is 0 Å². The zero-order valence-corrected chi connectivity index (χ0v) is 17.5. The molecule has 1 amide bonds. The number of amides is 1. The molecule has 8 atom stereocenters. The van der Waals surface area contributed by atoms with E-state index < -0.39 is 0 Å². The summed E-state index contributed by atoms with van der Waals surface area (Å²) in [6.45, 7) is 5.66. The van der Waals surface area contributed by atoms with Gasteiger partial charge in [0.25, 0.3) is 0 Å². The lowest BCUT2D eigenvalue weighted by atomic mass is 9.46. The van der Waals surface area contributed by atoms with Crippen molar-refractivity contribution in [2.75, 3.05) is 27.7 Å². The molecule has 0 spiro atoms. The van der Waals surface area contributed by atoms with Crippen LogP contribution >= 0.6 is 0 Å². The number of piperidine rings is 1. The molecule has 3 unspecified atom stereocenters. The van der Waals surface area contributed by atoms with E-state index >= 15 is 0 Å². The lowest BCUT2D eigenvalue weighted by molar-refractivity contribution is -0.903. The molecular formula is C22H38N2O2. The van der Waals surface area contributed by atoms with Crippen molar-refractivity contribution in [2.24, 2.45) is 34.5 Å². The van der Waals surface area contributed by atoms with Crippen molar-refractivity contribution in [3.05, 3.63) is 5.21 Å². The van der Waals surface area contributed by atoms with Gasteiger partial charge in [0, 0.05) is 31.8 Å². The monoisotopic (exact) mass is 362 g/mol. The second-order valence-electron chi connectivity index (χ2n) is 10.9. The Labute approximate surface area is 159 Å². The van der Waals surface area contributed by atoms with Crippen LogP contribution in [-0.4, -0.2) is 49.2 Å². The Hall–Kier alpha value is -0.610. The van der Waals surface area contributed by atoms with Gasteiger partial charge in [-0.3, -0.25) is 4.79 Å². The van der Waals surface area contributed by atoms with Gasteiger partial charge in [0.15, 0.2) is 0 Å². The van der Waals surface area contributed by atoms with Gasteiger partial charge < -0.3 is 14.8 Å². The SMILES string of the molecule is CN(C)C(=O)C1CC[C@H]2[C@@H]3CCC4[C@](C)(CCC[N+]4(C)[O-])[C@@H]3CC[C@]12C. The van der Waals surface area contributed by atoms with E-state index in [4.69, 9.17) is 0 Å². The molecule has 1 aliphatic heterocycles. The summed E-state index contributed by atoms with van der Waals surface area (Å²) in [7, 11) is 5.74. The van der Waals surface area contributed by atoms with Crippen LogP contribution in [0.15, 0.2) is 0 Å². The third kappa shape index (κ3) is 2.44. The maximum absolute atomic E-state index is 13.2. The molecule has 1 saturated heterocycles. The van der Waals surface area contributed by atoms with Crippen LogP contribution in [-0.2, 0) is 4.79 Å². The lowest BCUT2D eigenvalue weighted by Gasteiger charge is -2.65. The van der Waals surface area contributed by atoms with Crippen LogP contribution in [0, 0.1) is 39.7 Å². The fraction of sp³-hybridized carbons (Fsp3) is 0.955. The highest BCUT2D eigenvalue weighted by Gasteiger charge is 2.63. The van der Waals surface area contributed by atoms with Crippen LogP contribution in [0.1, 0.15) is 65.2 Å². The van der Waals surface area contributed by atoms with Crippen molar-refractivity contribution in [2.45, 2.75) is 71.3 Å². The highest BCUT2D eigenvalue weighted by molar-refractivity contribution is 5.79. The summed E-state index contributed by atoms with van der Waals surface area (Å²) in [5.41, 5.74) is 0.388. The van der Waals surface area contributed by atoms with Crippen LogP contribution in [0.5, 0.6) is 0 Å². The Morgan fingerprint density at radius 3 is 2.38 bits per heavy atom. The number of hydrogen-bond donors (Lipinski definition) is 0. The molecule has 0 aromatic carbocycles. The maximum Gasteiger partial charge on any atom is 0.225 e. The van der Waals surface area contributed by atoms with E-state index in [0.717, 1.165) is 31.7 Å². The molecule has 0 radical (unpaired) electrons. The van der Waals surface area contributed by atoms with Crippen LogP contribution in [0.2, 0.25) is 0 Å². The van der Waals surface area contributed by atoms with Gasteiger partial charge in [-0.1, -0.05) is 13.8 Å². The standard InChI is InChI=1S/C22H38N2O2/c1-21-13-11-17-15(16(21)8-9-18(21)20(25)23(3)4)7-10-19-22(17,2)12-6-14-24(19,5)26/h15-19H,6-14H2,1-5H3/t15-,16-,17+,18?,19?,21-,22+,24?/m0/s1. The Balaban J connectivity index is 1.62. The Bertz CT molecular complexity index is 589. The number of fused-ring (bicyclic) bond motifs is 5. The first kappa shape index (κ1) is 18.7. The number of likely N-dealkylation sites (tertiary alicyclic amines) is 1. The largest absolute Gasteiger partial charge is 0.633 e. The van der Waals surface area contributed by atoms with E-state index in [1.165, 1.54) is 32.1 Å². The predicted octanol–water partition coefficient (Wildman–Crippen LogP) is 4.04. The minimum Gasteiger partial charge on any atom is -0.633 e. The summed E-state index contributed by atoms with van der Waals surface area (Å²) in [5.74, 6) is 2.66. The molecule has 1 heterocycles. The van der Waals surface area contributed by atoms with E-state index in [0.29, 0.717) is 23.8 Å². The number of rotatable bonds is 1. The molecule has 3 saturated carbocycles. The van der Waals surface area contributed by atoms with Crippen molar-refractivity contribution in [1.29, 1.82) is 0 Å². The summed E-state index contributed by atoms with van der Waals surface area (Å²) in [6, 6.07) is 0.294. The number of carbonyl (C=O) groups excluding carboxylic acids is 1. The second-order valence-corrected chi connectivity index (χ2v) is 10.9. The summed E-state index contributed by atoms with van der Waals surface area (Å²) < 4.78 is -0.0105. The van der Waals surface area contributed by atoms with Crippen LogP contribution in [0.25, 0.3) is 0 Å². The first-order valence-electron chi connectivity index (χ1n) is 10.9. The van der Waals surface area contributed by atoms with E-state index in [2.05, 4.69) is 13.8 Å². The van der Waals surface area contributed by atoms with Crippen LogP contribution in [0.3, 0.4) is 0 Å². The van der Waals surface area contributed by atoms with E-state index in [1.807, 2.05) is 26.0 Å². The Kier molecular flexibility index (Phi) is 4.28. The molecule has 4 heteroatoms. The van der Waals surface area contributed by atoms with Crippen molar-refractivity contribution in [1.82, 2.24) is 4.90 Å². The Morgan fingerprint density at radius 2 is 1.69 bits per heavy atom. The molecule has 4 nitrogen and oxygen atoms in total. The minimum absolute atomic E-state index is 0.0105. The van der Waals surface area contributed by atoms with Crippen molar-refractivity contribution in [3.8, 4) is 0 Å². The van der Waals surface area contributed by atoms with Gasteiger partial charge in [-0.05, 0) is 68.1 Å². The lowest BCUT2D eigenvalue weighted by Crippen LogP contribution is -2.65. The molecule has 148 valence electrons. The Morgan fingerprint density at radius 1 is 1.00 bits per heavy atom. The molecular weight excluding hydrogens is 324 g/mol. The zero-order chi connectivity index (χ0) is 18.9. The number of hydroxylamine groups is 3. The number of nitrogens with zero attached hydrogens (tertiary/aromatic N) is 2. The summed E-state index contributed by atoms with van der Waals surface area (Å²) in [6.07, 6.45) is 9.30.